The number of hydrogen-bond acceptors (Lipinski definition) is 3. The summed E-state index contributed by atoms with van der Waals surface area (Å²) in [5.41, 5.74) is 7.41. The molecule has 116 valence electrons. The second-order valence-corrected chi connectivity index (χ2v) is 5.45. The minimum Gasteiger partial charge on any atom is -0.481 e. The number of carbonyl (C=O) groups excluding carboxylic acids is 1. The molecule has 0 fully saturated rings. The van der Waals surface area contributed by atoms with Crippen LogP contribution < -0.4 is 11.1 Å². The summed E-state index contributed by atoms with van der Waals surface area (Å²) in [5.74, 6) is -0.794. The molecule has 2 unspecified atom stereocenters. The number of nitrogens with one attached hydrogen (secondary N) is 1. The molecule has 0 spiro atoms. The van der Waals surface area contributed by atoms with Crippen molar-refractivity contribution < 1.29 is 14.7 Å². The number of aliphatic carboxylic acids is 1. The van der Waals surface area contributed by atoms with E-state index in [0.29, 0.717) is 18.7 Å². The third-order valence-electron chi connectivity index (χ3n) is 3.63. The first kappa shape index (κ1) is 17.0. The highest BCUT2D eigenvalue weighted by atomic mass is 16.4. The van der Waals surface area contributed by atoms with Gasteiger partial charge in [-0.25, -0.2) is 0 Å². The van der Waals surface area contributed by atoms with Crippen LogP contribution in [-0.2, 0) is 9.59 Å². The van der Waals surface area contributed by atoms with E-state index in [4.69, 9.17) is 10.8 Å². The Morgan fingerprint density at radius 3 is 2.38 bits per heavy atom. The number of benzene rings is 1. The van der Waals surface area contributed by atoms with Crippen molar-refractivity contribution in [1.29, 1.82) is 0 Å². The molecule has 2 atom stereocenters. The lowest BCUT2D eigenvalue weighted by molar-refractivity contribution is -0.138. The van der Waals surface area contributed by atoms with E-state index in [1.807, 2.05) is 38.1 Å². The van der Waals surface area contributed by atoms with Crippen molar-refractivity contribution in [2.75, 3.05) is 12.3 Å². The molecule has 4 N–H and O–H groups in total. The predicted octanol–water partition coefficient (Wildman–Crippen LogP) is 2.38. The molecule has 0 saturated heterocycles. The van der Waals surface area contributed by atoms with Gasteiger partial charge in [0.2, 0.25) is 5.91 Å². The van der Waals surface area contributed by atoms with Gasteiger partial charge in [0.15, 0.2) is 0 Å². The molecule has 0 radical (unpaired) electrons. The maximum absolute atomic E-state index is 11.9. The van der Waals surface area contributed by atoms with Gasteiger partial charge in [0.05, 0.1) is 0 Å². The first-order chi connectivity index (χ1) is 9.92. The lowest BCUT2D eigenvalue weighted by Crippen LogP contribution is -2.30. The molecule has 5 heteroatoms. The number of amides is 1. The van der Waals surface area contributed by atoms with Crippen molar-refractivity contribution >= 4 is 17.6 Å². The number of carboxylic acid groups (broad SMARTS) is 1. The van der Waals surface area contributed by atoms with Crippen LogP contribution in [0, 0.1) is 5.92 Å². The van der Waals surface area contributed by atoms with E-state index in [9.17, 15) is 9.59 Å². The summed E-state index contributed by atoms with van der Waals surface area (Å²) >= 11 is 0. The van der Waals surface area contributed by atoms with Crippen molar-refractivity contribution in [2.24, 2.45) is 5.92 Å². The first-order valence-electron chi connectivity index (χ1n) is 7.26. The van der Waals surface area contributed by atoms with E-state index in [1.54, 1.807) is 0 Å². The minimum atomic E-state index is -0.827. The molecule has 1 aromatic rings. The van der Waals surface area contributed by atoms with Crippen LogP contribution >= 0.6 is 0 Å². The quantitative estimate of drug-likeness (QED) is 0.641. The van der Waals surface area contributed by atoms with E-state index in [0.717, 1.165) is 12.0 Å². The molecule has 5 nitrogen and oxygen atoms in total. The van der Waals surface area contributed by atoms with Crippen molar-refractivity contribution in [3.8, 4) is 0 Å². The largest absolute Gasteiger partial charge is 0.481 e. The van der Waals surface area contributed by atoms with Crippen LogP contribution in [0.4, 0.5) is 5.69 Å². The summed E-state index contributed by atoms with van der Waals surface area (Å²) in [6, 6.07) is 7.49. The Labute approximate surface area is 125 Å². The molecule has 0 bridgehead atoms. The fraction of sp³-hybridized carbons (Fsp3) is 0.500. The van der Waals surface area contributed by atoms with Crippen LogP contribution in [0.1, 0.15) is 44.6 Å². The van der Waals surface area contributed by atoms with Gasteiger partial charge in [-0.2, -0.15) is 0 Å². The van der Waals surface area contributed by atoms with Crippen molar-refractivity contribution in [2.45, 2.75) is 39.0 Å². The molecular weight excluding hydrogens is 268 g/mol. The van der Waals surface area contributed by atoms with E-state index in [2.05, 4.69) is 5.32 Å². The van der Waals surface area contributed by atoms with Gasteiger partial charge in [0.25, 0.3) is 0 Å². The lowest BCUT2D eigenvalue weighted by Gasteiger charge is -2.16. The Kier molecular flexibility index (Phi) is 6.72. The van der Waals surface area contributed by atoms with E-state index < -0.39 is 5.97 Å². The number of nitrogen functional groups attached to an aromatic ring is 1. The fourth-order valence-corrected chi connectivity index (χ4v) is 2.16. The van der Waals surface area contributed by atoms with E-state index >= 15 is 0 Å². The lowest BCUT2D eigenvalue weighted by atomic mass is 9.97. The summed E-state index contributed by atoms with van der Waals surface area (Å²) in [7, 11) is 0. The molecule has 0 aliphatic carbocycles. The second kappa shape index (κ2) is 8.29. The summed E-state index contributed by atoms with van der Waals surface area (Å²) < 4.78 is 0. The van der Waals surface area contributed by atoms with Crippen molar-refractivity contribution in [3.05, 3.63) is 29.8 Å². The molecular formula is C16H24N2O3. The number of hydrogen-bond donors (Lipinski definition) is 3. The highest BCUT2D eigenvalue weighted by Gasteiger charge is 2.15. The van der Waals surface area contributed by atoms with Crippen LogP contribution in [0.5, 0.6) is 0 Å². The molecule has 0 heterocycles. The van der Waals surface area contributed by atoms with Gasteiger partial charge in [0.1, 0.15) is 0 Å². The molecule has 21 heavy (non-hydrogen) atoms. The smallest absolute Gasteiger partial charge is 0.303 e. The standard InChI is InChI=1S/C16H24N2O3/c1-3-12(9-16(20)21)10-18-15(19)8-11(2)13-4-6-14(17)7-5-13/h4-7,11-12H,3,8-10,17H2,1-2H3,(H,18,19)(H,20,21). The molecule has 0 aromatic heterocycles. The molecule has 1 aromatic carbocycles. The zero-order chi connectivity index (χ0) is 15.8. The Morgan fingerprint density at radius 1 is 1.24 bits per heavy atom. The van der Waals surface area contributed by atoms with E-state index in [-0.39, 0.29) is 24.2 Å². The highest BCUT2D eigenvalue weighted by molar-refractivity contribution is 5.77. The third-order valence-corrected chi connectivity index (χ3v) is 3.63. The van der Waals surface area contributed by atoms with Crippen LogP contribution in [0.25, 0.3) is 0 Å². The maximum atomic E-state index is 11.9. The molecule has 0 aliphatic rings. The van der Waals surface area contributed by atoms with Gasteiger partial charge in [0, 0.05) is 25.1 Å². The maximum Gasteiger partial charge on any atom is 0.303 e. The zero-order valence-electron chi connectivity index (χ0n) is 12.6. The van der Waals surface area contributed by atoms with Crippen LogP contribution in [0.3, 0.4) is 0 Å². The predicted molar refractivity (Wildman–Crippen MR) is 82.9 cm³/mol. The normalized spacial score (nSPS) is 13.4. The minimum absolute atomic E-state index is 0.0155. The highest BCUT2D eigenvalue weighted by Crippen LogP contribution is 2.20. The van der Waals surface area contributed by atoms with Crippen LogP contribution in [0.15, 0.2) is 24.3 Å². The van der Waals surface area contributed by atoms with Gasteiger partial charge >= 0.3 is 5.97 Å². The monoisotopic (exact) mass is 292 g/mol. The van der Waals surface area contributed by atoms with E-state index in [1.165, 1.54) is 0 Å². The SMILES string of the molecule is CCC(CNC(=O)CC(C)c1ccc(N)cc1)CC(=O)O. The summed E-state index contributed by atoms with van der Waals surface area (Å²) in [4.78, 5) is 22.6. The number of anilines is 1. The molecule has 0 saturated carbocycles. The Morgan fingerprint density at radius 2 is 1.86 bits per heavy atom. The van der Waals surface area contributed by atoms with Gasteiger partial charge in [-0.05, 0) is 29.5 Å². The third kappa shape index (κ3) is 6.29. The number of rotatable bonds is 8. The Balaban J connectivity index is 2.42. The van der Waals surface area contributed by atoms with Crippen LogP contribution in [-0.4, -0.2) is 23.5 Å². The Bertz CT molecular complexity index is 471. The molecule has 0 aliphatic heterocycles. The number of nitrogens with two attached hydrogens (primary N) is 1. The van der Waals surface area contributed by atoms with Crippen molar-refractivity contribution in [1.82, 2.24) is 5.32 Å². The van der Waals surface area contributed by atoms with Crippen molar-refractivity contribution in [3.63, 3.8) is 0 Å². The number of carboxylic acids is 1. The van der Waals surface area contributed by atoms with Gasteiger partial charge in [-0.1, -0.05) is 32.4 Å². The Hall–Kier alpha value is -2.04. The fourth-order valence-electron chi connectivity index (χ4n) is 2.16. The topological polar surface area (TPSA) is 92.4 Å². The summed E-state index contributed by atoms with van der Waals surface area (Å²) in [6.07, 6.45) is 1.21. The van der Waals surface area contributed by atoms with Gasteiger partial charge in [-0.3, -0.25) is 9.59 Å². The average Bonchev–Trinajstić information content (AvgIpc) is 2.43. The molecule has 1 rings (SSSR count). The summed E-state index contributed by atoms with van der Waals surface area (Å²) in [5, 5.41) is 11.6. The van der Waals surface area contributed by atoms with Gasteiger partial charge < -0.3 is 16.2 Å². The zero-order valence-corrected chi connectivity index (χ0v) is 12.6. The van der Waals surface area contributed by atoms with Crippen LogP contribution in [0.2, 0.25) is 0 Å². The summed E-state index contributed by atoms with van der Waals surface area (Å²) in [6.45, 7) is 4.33. The first-order valence-corrected chi connectivity index (χ1v) is 7.26. The van der Waals surface area contributed by atoms with Gasteiger partial charge in [-0.15, -0.1) is 0 Å². The average molecular weight is 292 g/mol. The molecule has 1 amide bonds. The number of carbonyl (C=O) groups is 2. The second-order valence-electron chi connectivity index (χ2n) is 5.45.